The van der Waals surface area contributed by atoms with E-state index in [9.17, 15) is 10.1 Å². The van der Waals surface area contributed by atoms with Gasteiger partial charge in [-0.15, -0.1) is 0 Å². The second kappa shape index (κ2) is 7.00. The fraction of sp³-hybridized carbons (Fsp3) is 0.105. The van der Waals surface area contributed by atoms with Gasteiger partial charge in [0.05, 0.1) is 29.6 Å². The van der Waals surface area contributed by atoms with E-state index in [1.165, 1.54) is 12.1 Å². The van der Waals surface area contributed by atoms with Crippen LogP contribution in [0.15, 0.2) is 65.7 Å². The van der Waals surface area contributed by atoms with Gasteiger partial charge in [0.1, 0.15) is 5.75 Å². The van der Waals surface area contributed by atoms with Crippen molar-refractivity contribution in [1.82, 2.24) is 4.57 Å². The van der Waals surface area contributed by atoms with E-state index in [0.717, 1.165) is 22.8 Å². The Balaban J connectivity index is 1.89. The van der Waals surface area contributed by atoms with Gasteiger partial charge >= 0.3 is 0 Å². The number of aromatic nitrogens is 1. The first-order chi connectivity index (χ1) is 12.1. The molecule has 0 bridgehead atoms. The molecule has 0 aliphatic rings. The number of non-ortho nitro benzene ring substituents is 1. The molecule has 0 saturated carbocycles. The number of aryl methyl sites for hydroxylation is 1. The summed E-state index contributed by atoms with van der Waals surface area (Å²) in [5.74, 6) is 0.801. The van der Waals surface area contributed by atoms with Crippen LogP contribution in [0.5, 0.6) is 5.75 Å². The molecule has 2 aromatic carbocycles. The Labute approximate surface area is 145 Å². The van der Waals surface area contributed by atoms with Crippen molar-refractivity contribution in [3.05, 3.63) is 82.2 Å². The normalized spacial score (nSPS) is 11.0. The van der Waals surface area contributed by atoms with E-state index in [1.807, 2.05) is 43.3 Å². The Kier molecular flexibility index (Phi) is 4.61. The molecule has 0 unspecified atom stereocenters. The highest BCUT2D eigenvalue weighted by Gasteiger charge is 2.07. The second-order valence-corrected chi connectivity index (χ2v) is 5.46. The zero-order chi connectivity index (χ0) is 17.8. The Morgan fingerprint density at radius 1 is 1.04 bits per heavy atom. The summed E-state index contributed by atoms with van der Waals surface area (Å²) in [6, 6.07) is 17.9. The van der Waals surface area contributed by atoms with Crippen LogP contribution < -0.4 is 4.74 Å². The summed E-state index contributed by atoms with van der Waals surface area (Å²) in [5, 5.41) is 10.7. The van der Waals surface area contributed by atoms with Gasteiger partial charge in [0.2, 0.25) is 0 Å². The van der Waals surface area contributed by atoms with E-state index in [1.54, 1.807) is 25.5 Å². The third kappa shape index (κ3) is 3.58. The first-order valence-electron chi connectivity index (χ1n) is 7.70. The second-order valence-electron chi connectivity index (χ2n) is 5.46. The SMILES string of the molecule is COc1ccc(-n2c(C)ccc2C=Nc2ccc([N+](=O)[O-])cc2)cc1. The summed E-state index contributed by atoms with van der Waals surface area (Å²) in [6.07, 6.45) is 1.75. The minimum Gasteiger partial charge on any atom is -0.497 e. The molecule has 126 valence electrons. The molecule has 3 aromatic rings. The summed E-state index contributed by atoms with van der Waals surface area (Å²) >= 11 is 0. The van der Waals surface area contributed by atoms with Crippen molar-refractivity contribution in [3.8, 4) is 11.4 Å². The van der Waals surface area contributed by atoms with Gasteiger partial charge in [-0.2, -0.15) is 0 Å². The molecule has 0 radical (unpaired) electrons. The molecule has 0 N–H and O–H groups in total. The van der Waals surface area contributed by atoms with Gasteiger partial charge in [0.25, 0.3) is 5.69 Å². The summed E-state index contributed by atoms with van der Waals surface area (Å²) < 4.78 is 7.27. The topological polar surface area (TPSA) is 69.7 Å². The average Bonchev–Trinajstić information content (AvgIpc) is 3.01. The molecule has 0 aliphatic heterocycles. The van der Waals surface area contributed by atoms with Gasteiger partial charge in [-0.25, -0.2) is 0 Å². The molecule has 0 atom stereocenters. The molecular formula is C19H17N3O3. The van der Waals surface area contributed by atoms with Crippen LogP contribution in [-0.2, 0) is 0 Å². The monoisotopic (exact) mass is 335 g/mol. The number of benzene rings is 2. The molecule has 1 heterocycles. The first-order valence-corrected chi connectivity index (χ1v) is 7.70. The van der Waals surface area contributed by atoms with Crippen molar-refractivity contribution in [2.75, 3.05) is 7.11 Å². The fourth-order valence-corrected chi connectivity index (χ4v) is 2.54. The smallest absolute Gasteiger partial charge is 0.269 e. The highest BCUT2D eigenvalue weighted by atomic mass is 16.6. The summed E-state index contributed by atoms with van der Waals surface area (Å²) in [4.78, 5) is 14.7. The predicted octanol–water partition coefficient (Wildman–Crippen LogP) is 4.45. The largest absolute Gasteiger partial charge is 0.497 e. The van der Waals surface area contributed by atoms with Crippen LogP contribution in [0.4, 0.5) is 11.4 Å². The summed E-state index contributed by atoms with van der Waals surface area (Å²) in [6.45, 7) is 2.02. The van der Waals surface area contributed by atoms with Gasteiger partial charge < -0.3 is 9.30 Å². The number of aliphatic imine (C=N–C) groups is 1. The third-order valence-corrected chi connectivity index (χ3v) is 3.84. The lowest BCUT2D eigenvalue weighted by Gasteiger charge is -2.10. The highest BCUT2D eigenvalue weighted by molar-refractivity contribution is 5.81. The predicted molar refractivity (Wildman–Crippen MR) is 97.4 cm³/mol. The van der Waals surface area contributed by atoms with E-state index >= 15 is 0 Å². The summed E-state index contributed by atoms with van der Waals surface area (Å²) in [7, 11) is 1.64. The average molecular weight is 335 g/mol. The van der Waals surface area contributed by atoms with Crippen LogP contribution in [0.2, 0.25) is 0 Å². The number of hydrogen-bond donors (Lipinski definition) is 0. The standard InChI is InChI=1S/C19H17N3O3/c1-14-3-6-18(21(14)16-9-11-19(25-2)12-10-16)13-20-15-4-7-17(8-5-15)22(23)24/h3-13H,1-2H3. The quantitative estimate of drug-likeness (QED) is 0.393. The van der Waals surface area contributed by atoms with Crippen molar-refractivity contribution in [2.24, 2.45) is 4.99 Å². The van der Waals surface area contributed by atoms with E-state index in [0.29, 0.717) is 5.69 Å². The van der Waals surface area contributed by atoms with Gasteiger partial charge in [-0.3, -0.25) is 15.1 Å². The Hall–Kier alpha value is -3.41. The number of rotatable bonds is 5. The number of nitrogens with zero attached hydrogens (tertiary/aromatic N) is 3. The van der Waals surface area contributed by atoms with Crippen LogP contribution in [0, 0.1) is 17.0 Å². The van der Waals surface area contributed by atoms with Crippen LogP contribution >= 0.6 is 0 Å². The molecule has 0 spiro atoms. The van der Waals surface area contributed by atoms with Crippen LogP contribution in [0.3, 0.4) is 0 Å². The molecule has 25 heavy (non-hydrogen) atoms. The van der Waals surface area contributed by atoms with Crippen molar-refractivity contribution in [1.29, 1.82) is 0 Å². The maximum atomic E-state index is 10.7. The fourth-order valence-electron chi connectivity index (χ4n) is 2.54. The molecule has 0 amide bonds. The Morgan fingerprint density at radius 2 is 1.72 bits per heavy atom. The van der Waals surface area contributed by atoms with Crippen molar-refractivity contribution >= 4 is 17.6 Å². The number of ether oxygens (including phenoxy) is 1. The van der Waals surface area contributed by atoms with Gasteiger partial charge in [0, 0.05) is 23.5 Å². The zero-order valence-electron chi connectivity index (χ0n) is 13.9. The molecule has 1 aromatic heterocycles. The lowest BCUT2D eigenvalue weighted by molar-refractivity contribution is -0.384. The lowest BCUT2D eigenvalue weighted by atomic mass is 10.3. The highest BCUT2D eigenvalue weighted by Crippen LogP contribution is 2.21. The van der Waals surface area contributed by atoms with Crippen molar-refractivity contribution in [2.45, 2.75) is 6.92 Å². The van der Waals surface area contributed by atoms with Crippen molar-refractivity contribution in [3.63, 3.8) is 0 Å². The van der Waals surface area contributed by atoms with E-state index in [2.05, 4.69) is 9.56 Å². The first kappa shape index (κ1) is 16.4. The zero-order valence-corrected chi connectivity index (χ0v) is 13.9. The summed E-state index contributed by atoms with van der Waals surface area (Å²) in [5.41, 5.74) is 3.71. The molecular weight excluding hydrogens is 318 g/mol. The van der Waals surface area contributed by atoms with Gasteiger partial charge in [-0.1, -0.05) is 0 Å². The molecule has 0 saturated heterocycles. The van der Waals surface area contributed by atoms with E-state index < -0.39 is 4.92 Å². The molecule has 6 nitrogen and oxygen atoms in total. The number of nitro groups is 1. The third-order valence-electron chi connectivity index (χ3n) is 3.84. The van der Waals surface area contributed by atoms with Crippen molar-refractivity contribution < 1.29 is 9.66 Å². The van der Waals surface area contributed by atoms with Gasteiger partial charge in [0.15, 0.2) is 0 Å². The number of nitro benzene ring substituents is 1. The Morgan fingerprint density at radius 3 is 2.32 bits per heavy atom. The minimum absolute atomic E-state index is 0.0522. The number of methoxy groups -OCH3 is 1. The van der Waals surface area contributed by atoms with E-state index in [-0.39, 0.29) is 5.69 Å². The molecule has 0 aliphatic carbocycles. The maximum absolute atomic E-state index is 10.7. The van der Waals surface area contributed by atoms with Crippen LogP contribution in [0.25, 0.3) is 5.69 Å². The molecule has 6 heteroatoms. The minimum atomic E-state index is -0.425. The van der Waals surface area contributed by atoms with Crippen LogP contribution in [0.1, 0.15) is 11.4 Å². The maximum Gasteiger partial charge on any atom is 0.269 e. The number of hydrogen-bond acceptors (Lipinski definition) is 4. The lowest BCUT2D eigenvalue weighted by Crippen LogP contribution is -2.01. The Bertz CT molecular complexity index is 910. The van der Waals surface area contributed by atoms with Gasteiger partial charge in [-0.05, 0) is 55.5 Å². The molecule has 0 fully saturated rings. The van der Waals surface area contributed by atoms with E-state index in [4.69, 9.17) is 4.74 Å². The molecule has 3 rings (SSSR count). The van der Waals surface area contributed by atoms with Crippen LogP contribution in [-0.4, -0.2) is 22.8 Å².